The number of methoxy groups -OCH3 is 1. The molecule has 3 saturated heterocycles. The molecular formula is C22H23FN4O. The lowest BCUT2D eigenvalue weighted by Gasteiger charge is -2.38. The van der Waals surface area contributed by atoms with Crippen LogP contribution in [-0.4, -0.2) is 42.8 Å². The maximum Gasteiger partial charge on any atom is 0.225 e. The van der Waals surface area contributed by atoms with E-state index in [0.717, 1.165) is 42.2 Å². The van der Waals surface area contributed by atoms with Crippen LogP contribution in [-0.2, 0) is 0 Å². The zero-order valence-corrected chi connectivity index (χ0v) is 15.9. The maximum atomic E-state index is 13.4. The molecule has 3 aliphatic rings. The Morgan fingerprint density at radius 1 is 1.04 bits per heavy atom. The average Bonchev–Trinajstić information content (AvgIpc) is 3.05. The second kappa shape index (κ2) is 6.93. The van der Waals surface area contributed by atoms with E-state index in [2.05, 4.69) is 26.9 Å². The lowest BCUT2D eigenvalue weighted by molar-refractivity contribution is 0.405. The molecule has 0 aliphatic carbocycles. The Bertz CT molecular complexity index is 993. The van der Waals surface area contributed by atoms with Gasteiger partial charge in [-0.1, -0.05) is 0 Å². The number of ether oxygens (including phenoxy) is 1. The number of hydrogen-bond donors (Lipinski definition) is 0. The number of benzene rings is 2. The predicted octanol–water partition coefficient (Wildman–Crippen LogP) is 3.88. The van der Waals surface area contributed by atoms with Crippen LogP contribution in [0.15, 0.2) is 48.7 Å². The first-order chi connectivity index (χ1) is 13.7. The van der Waals surface area contributed by atoms with E-state index in [1.807, 2.05) is 12.1 Å². The molecule has 0 N–H and O–H groups in total. The van der Waals surface area contributed by atoms with Crippen LogP contribution in [0.4, 0.5) is 16.0 Å². The Morgan fingerprint density at radius 3 is 2.71 bits per heavy atom. The fourth-order valence-corrected chi connectivity index (χ4v) is 4.48. The summed E-state index contributed by atoms with van der Waals surface area (Å²) in [6.45, 7) is 2.90. The minimum absolute atomic E-state index is 0.258. The summed E-state index contributed by atoms with van der Waals surface area (Å²) in [5, 5.41) is 0.737. The van der Waals surface area contributed by atoms with Crippen LogP contribution in [0.3, 0.4) is 0 Å². The summed E-state index contributed by atoms with van der Waals surface area (Å²) in [6.07, 6.45) is 4.13. The SMILES string of the molecule is COc1ccc(N2C[C@H]3CC[C@@H]2CN(c2ncc4cc(F)ccc4n2)C3)cc1. The number of rotatable bonds is 3. The molecule has 0 spiro atoms. The van der Waals surface area contributed by atoms with Gasteiger partial charge in [-0.25, -0.2) is 14.4 Å². The molecule has 0 unspecified atom stereocenters. The molecule has 0 saturated carbocycles. The largest absolute Gasteiger partial charge is 0.497 e. The molecule has 2 aromatic carbocycles. The molecular weight excluding hydrogens is 355 g/mol. The molecule has 3 fully saturated rings. The van der Waals surface area contributed by atoms with Gasteiger partial charge < -0.3 is 14.5 Å². The van der Waals surface area contributed by atoms with Crippen LogP contribution in [0.1, 0.15) is 12.8 Å². The van der Waals surface area contributed by atoms with Gasteiger partial charge in [0, 0.05) is 42.9 Å². The maximum absolute atomic E-state index is 13.4. The second-order valence-corrected chi connectivity index (χ2v) is 7.73. The molecule has 3 aliphatic heterocycles. The molecule has 0 radical (unpaired) electrons. The van der Waals surface area contributed by atoms with Crippen molar-refractivity contribution in [3.63, 3.8) is 0 Å². The normalized spacial score (nSPS) is 21.8. The third kappa shape index (κ3) is 3.13. The zero-order chi connectivity index (χ0) is 19.1. The first kappa shape index (κ1) is 17.2. The standard InChI is InChI=1S/C22H23FN4O/c1-28-20-7-5-18(6-8-20)27-13-15-2-4-19(27)14-26(12-15)22-24-11-16-10-17(23)3-9-21(16)25-22/h3,5-11,15,19H,2,4,12-14H2,1H3/t15-,19+/m0/s1. The first-order valence-corrected chi connectivity index (χ1v) is 9.77. The predicted molar refractivity (Wildman–Crippen MR) is 109 cm³/mol. The van der Waals surface area contributed by atoms with Gasteiger partial charge in [0.15, 0.2) is 0 Å². The Labute approximate surface area is 163 Å². The van der Waals surface area contributed by atoms with E-state index in [4.69, 9.17) is 9.72 Å². The summed E-state index contributed by atoms with van der Waals surface area (Å²) in [5.41, 5.74) is 2.03. The number of piperidine rings is 1. The van der Waals surface area contributed by atoms with E-state index in [9.17, 15) is 4.39 Å². The molecule has 2 bridgehead atoms. The topological polar surface area (TPSA) is 41.5 Å². The summed E-state index contributed by atoms with van der Waals surface area (Å²) in [6, 6.07) is 13.4. The van der Waals surface area contributed by atoms with Crippen LogP contribution in [0.25, 0.3) is 10.9 Å². The van der Waals surface area contributed by atoms with Gasteiger partial charge in [0.25, 0.3) is 0 Å². The van der Waals surface area contributed by atoms with E-state index in [1.54, 1.807) is 19.4 Å². The fourth-order valence-electron chi connectivity index (χ4n) is 4.48. The first-order valence-electron chi connectivity index (χ1n) is 9.77. The smallest absolute Gasteiger partial charge is 0.225 e. The monoisotopic (exact) mass is 378 g/mol. The number of aromatic nitrogens is 2. The van der Waals surface area contributed by atoms with Crippen molar-refractivity contribution >= 4 is 22.5 Å². The van der Waals surface area contributed by atoms with Crippen molar-refractivity contribution in [3.05, 3.63) is 54.5 Å². The third-order valence-corrected chi connectivity index (χ3v) is 5.93. The van der Waals surface area contributed by atoms with Crippen LogP contribution in [0.5, 0.6) is 5.75 Å². The van der Waals surface area contributed by atoms with Crippen molar-refractivity contribution in [2.45, 2.75) is 18.9 Å². The minimum Gasteiger partial charge on any atom is -0.497 e. The molecule has 144 valence electrons. The van der Waals surface area contributed by atoms with Crippen LogP contribution >= 0.6 is 0 Å². The summed E-state index contributed by atoms with van der Waals surface area (Å²) in [4.78, 5) is 14.1. The van der Waals surface area contributed by atoms with Gasteiger partial charge in [-0.3, -0.25) is 0 Å². The molecule has 3 aromatic rings. The lowest BCUT2D eigenvalue weighted by Crippen LogP contribution is -2.44. The van der Waals surface area contributed by atoms with Crippen molar-refractivity contribution in [2.24, 2.45) is 5.92 Å². The molecule has 0 amide bonds. The molecule has 6 heteroatoms. The lowest BCUT2D eigenvalue weighted by atomic mass is 9.94. The number of nitrogens with zero attached hydrogens (tertiary/aromatic N) is 4. The number of fused-ring (bicyclic) bond motifs is 5. The van der Waals surface area contributed by atoms with Crippen LogP contribution in [0.2, 0.25) is 0 Å². The summed E-state index contributed by atoms with van der Waals surface area (Å²) in [5.74, 6) is 1.94. The Hall–Kier alpha value is -2.89. The van der Waals surface area contributed by atoms with Gasteiger partial charge >= 0.3 is 0 Å². The highest BCUT2D eigenvalue weighted by Crippen LogP contribution is 2.34. The average molecular weight is 378 g/mol. The van der Waals surface area contributed by atoms with Crippen molar-refractivity contribution in [3.8, 4) is 5.75 Å². The van der Waals surface area contributed by atoms with E-state index in [0.29, 0.717) is 12.0 Å². The second-order valence-electron chi connectivity index (χ2n) is 7.73. The van der Waals surface area contributed by atoms with E-state index < -0.39 is 0 Å². The van der Waals surface area contributed by atoms with Gasteiger partial charge in [-0.15, -0.1) is 0 Å². The van der Waals surface area contributed by atoms with Gasteiger partial charge in [0.2, 0.25) is 5.95 Å². The van der Waals surface area contributed by atoms with Crippen molar-refractivity contribution < 1.29 is 9.13 Å². The highest BCUT2D eigenvalue weighted by Gasteiger charge is 2.35. The molecule has 2 atom stereocenters. The van der Waals surface area contributed by atoms with Crippen LogP contribution in [0, 0.1) is 11.7 Å². The Kier molecular flexibility index (Phi) is 4.26. The van der Waals surface area contributed by atoms with Crippen LogP contribution < -0.4 is 14.5 Å². The minimum atomic E-state index is -0.258. The molecule has 1 aromatic heterocycles. The van der Waals surface area contributed by atoms with E-state index in [-0.39, 0.29) is 5.82 Å². The van der Waals surface area contributed by atoms with Gasteiger partial charge in [-0.2, -0.15) is 0 Å². The van der Waals surface area contributed by atoms with Crippen molar-refractivity contribution in [1.82, 2.24) is 9.97 Å². The zero-order valence-electron chi connectivity index (χ0n) is 15.9. The summed E-state index contributed by atoms with van der Waals surface area (Å²) in [7, 11) is 1.69. The summed E-state index contributed by atoms with van der Waals surface area (Å²) >= 11 is 0. The highest BCUT2D eigenvalue weighted by molar-refractivity contribution is 5.78. The van der Waals surface area contributed by atoms with Gasteiger partial charge in [0.05, 0.1) is 12.6 Å². The molecule has 4 heterocycles. The molecule has 6 rings (SSSR count). The highest BCUT2D eigenvalue weighted by atomic mass is 19.1. The third-order valence-electron chi connectivity index (χ3n) is 5.93. The fraction of sp³-hybridized carbons (Fsp3) is 0.364. The molecule has 5 nitrogen and oxygen atoms in total. The van der Waals surface area contributed by atoms with E-state index in [1.165, 1.54) is 30.7 Å². The Morgan fingerprint density at radius 2 is 1.89 bits per heavy atom. The van der Waals surface area contributed by atoms with E-state index >= 15 is 0 Å². The summed E-state index contributed by atoms with van der Waals surface area (Å²) < 4.78 is 18.7. The number of hydrogen-bond acceptors (Lipinski definition) is 5. The van der Waals surface area contributed by atoms with Gasteiger partial charge in [-0.05, 0) is 61.2 Å². The van der Waals surface area contributed by atoms with Crippen molar-refractivity contribution in [2.75, 3.05) is 36.5 Å². The molecule has 28 heavy (non-hydrogen) atoms. The number of anilines is 2. The van der Waals surface area contributed by atoms with Crippen molar-refractivity contribution in [1.29, 1.82) is 0 Å². The number of halogens is 1. The van der Waals surface area contributed by atoms with Gasteiger partial charge in [0.1, 0.15) is 11.6 Å². The Balaban J connectivity index is 1.42. The quantitative estimate of drug-likeness (QED) is 0.692.